The molecule has 0 bridgehead atoms. The average molecular weight is 412 g/mol. The molecule has 1 aromatic carbocycles. The number of halogens is 1. The summed E-state index contributed by atoms with van der Waals surface area (Å²) in [5.41, 5.74) is 0. The molecule has 1 aliphatic heterocycles. The Morgan fingerprint density at radius 3 is 2.54 bits per heavy atom. The van der Waals surface area contributed by atoms with Crippen LogP contribution in [0.2, 0.25) is 5.02 Å². The van der Waals surface area contributed by atoms with Crippen LogP contribution in [0.25, 0.3) is 0 Å². The summed E-state index contributed by atoms with van der Waals surface area (Å²) >= 11 is 6.08. The Balaban J connectivity index is 1.66. The van der Waals surface area contributed by atoms with E-state index in [0.717, 1.165) is 32.1 Å². The van der Waals surface area contributed by atoms with E-state index >= 15 is 0 Å². The van der Waals surface area contributed by atoms with Crippen LogP contribution in [0, 0.1) is 0 Å². The molecule has 2 N–H and O–H groups in total. The molecule has 9 heteroatoms. The van der Waals surface area contributed by atoms with Crippen LogP contribution in [0.1, 0.15) is 0 Å². The smallest absolute Gasteiger partial charge is 0.234 e. The van der Waals surface area contributed by atoms with Crippen molar-refractivity contribution in [1.82, 2.24) is 20.4 Å². The van der Waals surface area contributed by atoms with Crippen molar-refractivity contribution in [3.05, 3.63) is 29.3 Å². The molecule has 0 saturated carbocycles. The maximum absolute atomic E-state index is 11.9. The lowest BCUT2D eigenvalue weighted by molar-refractivity contribution is -0.122. The summed E-state index contributed by atoms with van der Waals surface area (Å²) < 4.78 is 10.6. The largest absolute Gasteiger partial charge is 0.490 e. The molecule has 1 saturated heterocycles. The van der Waals surface area contributed by atoms with Gasteiger partial charge >= 0.3 is 0 Å². The van der Waals surface area contributed by atoms with Crippen LogP contribution in [-0.2, 0) is 9.53 Å². The lowest BCUT2D eigenvalue weighted by Gasteiger charge is -2.36. The van der Waals surface area contributed by atoms with Crippen LogP contribution < -0.4 is 15.4 Å². The Morgan fingerprint density at radius 1 is 1.14 bits per heavy atom. The molecule has 2 rings (SSSR count). The molecule has 1 heterocycles. The Morgan fingerprint density at radius 2 is 1.86 bits per heavy atom. The molecule has 8 nitrogen and oxygen atoms in total. The monoisotopic (exact) mass is 411 g/mol. The minimum Gasteiger partial charge on any atom is -0.490 e. The molecule has 0 radical (unpaired) electrons. The first-order valence-corrected chi connectivity index (χ1v) is 9.82. The van der Waals surface area contributed by atoms with E-state index in [2.05, 4.69) is 25.4 Å². The first-order valence-electron chi connectivity index (χ1n) is 9.45. The van der Waals surface area contributed by atoms with Crippen LogP contribution in [0.4, 0.5) is 0 Å². The fourth-order valence-electron chi connectivity index (χ4n) is 2.89. The highest BCUT2D eigenvalue weighted by atomic mass is 35.5. The number of carbonyl (C=O) groups is 1. The van der Waals surface area contributed by atoms with Gasteiger partial charge in [0.15, 0.2) is 5.96 Å². The summed E-state index contributed by atoms with van der Waals surface area (Å²) in [4.78, 5) is 20.6. The Labute approximate surface area is 171 Å². The summed E-state index contributed by atoms with van der Waals surface area (Å²) in [5, 5.41) is 6.77. The maximum atomic E-state index is 11.9. The number of hydrogen-bond donors (Lipinski definition) is 2. The number of rotatable bonds is 9. The maximum Gasteiger partial charge on any atom is 0.234 e. The molecule has 1 amide bonds. The molecule has 1 aliphatic rings. The number of guanidine groups is 1. The molecule has 0 atom stereocenters. The first-order chi connectivity index (χ1) is 13.6. The first kappa shape index (κ1) is 22.3. The highest BCUT2D eigenvalue weighted by molar-refractivity contribution is 6.32. The number of nitrogens with one attached hydrogen (secondary N) is 2. The van der Waals surface area contributed by atoms with Gasteiger partial charge in [-0.2, -0.15) is 0 Å². The van der Waals surface area contributed by atoms with Gasteiger partial charge in [-0.25, -0.2) is 0 Å². The van der Waals surface area contributed by atoms with Crippen molar-refractivity contribution in [2.45, 2.75) is 0 Å². The standard InChI is InChI=1S/C19H30ClN5O3/c1-21-19(23-8-14-28-17-6-4-3-5-16(17)20)25-11-9-24(10-12-25)15-18(26)22-7-13-27-2/h3-6H,7-15H2,1-2H3,(H,21,23)(H,22,26). The van der Waals surface area contributed by atoms with Crippen molar-refractivity contribution in [2.24, 2.45) is 4.99 Å². The Kier molecular flexibility index (Phi) is 9.88. The number of benzene rings is 1. The molecule has 1 aromatic rings. The van der Waals surface area contributed by atoms with Gasteiger partial charge in [0, 0.05) is 46.9 Å². The molecule has 1 fully saturated rings. The van der Waals surface area contributed by atoms with Gasteiger partial charge in [0.1, 0.15) is 12.4 Å². The van der Waals surface area contributed by atoms with Gasteiger partial charge in [-0.1, -0.05) is 23.7 Å². The Bertz CT molecular complexity index is 636. The molecule has 0 aliphatic carbocycles. The van der Waals surface area contributed by atoms with Gasteiger partial charge in [-0.05, 0) is 12.1 Å². The number of nitrogens with zero attached hydrogens (tertiary/aromatic N) is 3. The number of piperazine rings is 1. The lowest BCUT2D eigenvalue weighted by Crippen LogP contribution is -2.54. The average Bonchev–Trinajstić information content (AvgIpc) is 2.70. The normalized spacial score (nSPS) is 15.4. The molecular weight excluding hydrogens is 382 g/mol. The second-order valence-corrected chi connectivity index (χ2v) is 6.77. The summed E-state index contributed by atoms with van der Waals surface area (Å²) in [5.74, 6) is 1.55. The van der Waals surface area contributed by atoms with Crippen LogP contribution >= 0.6 is 11.6 Å². The number of aliphatic imine (C=N–C) groups is 1. The predicted octanol–water partition coefficient (Wildman–Crippen LogP) is 0.674. The fraction of sp³-hybridized carbons (Fsp3) is 0.579. The molecule has 0 aromatic heterocycles. The Hall–Kier alpha value is -2.03. The van der Waals surface area contributed by atoms with Crippen molar-refractivity contribution in [1.29, 1.82) is 0 Å². The zero-order chi connectivity index (χ0) is 20.2. The summed E-state index contributed by atoms with van der Waals surface area (Å²) in [6.07, 6.45) is 0. The van der Waals surface area contributed by atoms with Gasteiger partial charge in [0.2, 0.25) is 5.91 Å². The lowest BCUT2D eigenvalue weighted by atomic mass is 10.3. The number of amides is 1. The SMILES string of the molecule is CN=C(NCCOc1ccccc1Cl)N1CCN(CC(=O)NCCOC)CC1. The molecule has 0 spiro atoms. The molecular formula is C19H30ClN5O3. The zero-order valence-electron chi connectivity index (χ0n) is 16.6. The summed E-state index contributed by atoms with van der Waals surface area (Å²) in [6.45, 7) is 5.86. The zero-order valence-corrected chi connectivity index (χ0v) is 17.4. The van der Waals surface area contributed by atoms with E-state index in [-0.39, 0.29) is 5.91 Å². The summed E-state index contributed by atoms with van der Waals surface area (Å²) in [7, 11) is 3.39. The topological polar surface area (TPSA) is 78.4 Å². The molecule has 0 unspecified atom stereocenters. The van der Waals surface area contributed by atoms with Crippen molar-refractivity contribution in [3.8, 4) is 5.75 Å². The van der Waals surface area contributed by atoms with Gasteiger partial charge < -0.3 is 25.0 Å². The third-order valence-corrected chi connectivity index (χ3v) is 4.67. The van der Waals surface area contributed by atoms with Gasteiger partial charge in [0.25, 0.3) is 0 Å². The highest BCUT2D eigenvalue weighted by Gasteiger charge is 2.20. The van der Waals surface area contributed by atoms with Crippen molar-refractivity contribution >= 4 is 23.5 Å². The minimum atomic E-state index is 0.0322. The number of para-hydroxylation sites is 1. The van der Waals surface area contributed by atoms with E-state index in [1.165, 1.54) is 0 Å². The van der Waals surface area contributed by atoms with Crippen LogP contribution in [-0.4, -0.2) is 94.9 Å². The molecule has 28 heavy (non-hydrogen) atoms. The van der Waals surface area contributed by atoms with Crippen LogP contribution in [0.3, 0.4) is 0 Å². The minimum absolute atomic E-state index is 0.0322. The van der Waals surface area contributed by atoms with Crippen LogP contribution in [0.5, 0.6) is 5.75 Å². The van der Waals surface area contributed by atoms with E-state index in [9.17, 15) is 4.79 Å². The van der Waals surface area contributed by atoms with Gasteiger partial charge in [-0.3, -0.25) is 14.7 Å². The number of methoxy groups -OCH3 is 1. The predicted molar refractivity (Wildman–Crippen MR) is 111 cm³/mol. The summed E-state index contributed by atoms with van der Waals surface area (Å²) in [6, 6.07) is 7.42. The van der Waals surface area contributed by atoms with Gasteiger partial charge in [-0.15, -0.1) is 0 Å². The fourth-order valence-corrected chi connectivity index (χ4v) is 3.08. The van der Waals surface area contributed by atoms with E-state index in [4.69, 9.17) is 21.1 Å². The van der Waals surface area contributed by atoms with Crippen LogP contribution in [0.15, 0.2) is 29.3 Å². The number of carbonyl (C=O) groups excluding carboxylic acids is 1. The number of ether oxygens (including phenoxy) is 2. The third kappa shape index (κ3) is 7.53. The van der Waals surface area contributed by atoms with Crippen molar-refractivity contribution in [2.75, 3.05) is 73.2 Å². The molecule has 156 valence electrons. The van der Waals surface area contributed by atoms with Crippen molar-refractivity contribution < 1.29 is 14.3 Å². The third-order valence-electron chi connectivity index (χ3n) is 4.36. The van der Waals surface area contributed by atoms with E-state index in [1.54, 1.807) is 20.2 Å². The second-order valence-electron chi connectivity index (χ2n) is 6.36. The second kappa shape index (κ2) is 12.4. The van der Waals surface area contributed by atoms with E-state index in [0.29, 0.717) is 43.6 Å². The van der Waals surface area contributed by atoms with E-state index < -0.39 is 0 Å². The quantitative estimate of drug-likeness (QED) is 0.353. The van der Waals surface area contributed by atoms with E-state index in [1.807, 2.05) is 18.2 Å². The van der Waals surface area contributed by atoms with Gasteiger partial charge in [0.05, 0.1) is 24.7 Å². The highest BCUT2D eigenvalue weighted by Crippen LogP contribution is 2.22. The number of hydrogen-bond acceptors (Lipinski definition) is 5. The van der Waals surface area contributed by atoms with Crippen molar-refractivity contribution in [3.63, 3.8) is 0 Å².